The average Bonchev–Trinajstić information content (AvgIpc) is 3.57. The molecule has 1 N–H and O–H groups in total. The summed E-state index contributed by atoms with van der Waals surface area (Å²) in [5.41, 5.74) is 0.695. The normalized spacial score (nSPS) is 19.1. The molecular formula is C23H30N4O3. The van der Waals surface area contributed by atoms with Gasteiger partial charge in [0.2, 0.25) is 11.8 Å². The minimum atomic E-state index is 0.00206. The van der Waals surface area contributed by atoms with E-state index in [1.54, 1.807) is 4.57 Å². The number of fused-ring (bicyclic) bond motifs is 1. The Balaban J connectivity index is 1.44. The van der Waals surface area contributed by atoms with Crippen molar-refractivity contribution in [2.45, 2.75) is 70.4 Å². The van der Waals surface area contributed by atoms with Crippen molar-refractivity contribution < 1.29 is 9.59 Å². The van der Waals surface area contributed by atoms with Crippen LogP contribution in [-0.2, 0) is 16.0 Å². The summed E-state index contributed by atoms with van der Waals surface area (Å²) in [4.78, 5) is 44.3. The minimum Gasteiger partial charge on any atom is -0.352 e. The Labute approximate surface area is 176 Å². The SMILES string of the molecule is CCCC(=O)NC1CCCN(C(=O)CCc2nc3ccccc3c(=O)n2C2CC2)C1. The van der Waals surface area contributed by atoms with Crippen LogP contribution in [0.1, 0.15) is 63.7 Å². The lowest BCUT2D eigenvalue weighted by molar-refractivity contribution is -0.133. The minimum absolute atomic E-state index is 0.00206. The molecule has 7 nitrogen and oxygen atoms in total. The van der Waals surface area contributed by atoms with Crippen LogP contribution in [0.2, 0.25) is 0 Å². The summed E-state index contributed by atoms with van der Waals surface area (Å²) < 4.78 is 1.81. The summed E-state index contributed by atoms with van der Waals surface area (Å²) in [6.07, 6.45) is 5.92. The Kier molecular flexibility index (Phi) is 6.16. The van der Waals surface area contributed by atoms with Gasteiger partial charge in [-0.05, 0) is 44.2 Å². The zero-order valence-corrected chi connectivity index (χ0v) is 17.6. The maximum Gasteiger partial charge on any atom is 0.261 e. The second-order valence-electron chi connectivity index (χ2n) is 8.45. The molecule has 0 radical (unpaired) electrons. The lowest BCUT2D eigenvalue weighted by atomic mass is 10.0. The number of carbonyl (C=O) groups excluding carboxylic acids is 2. The summed E-state index contributed by atoms with van der Waals surface area (Å²) >= 11 is 0. The molecule has 7 heteroatoms. The number of rotatable bonds is 7. The molecule has 2 fully saturated rings. The van der Waals surface area contributed by atoms with Crippen LogP contribution in [0.5, 0.6) is 0 Å². The smallest absolute Gasteiger partial charge is 0.261 e. The van der Waals surface area contributed by atoms with E-state index >= 15 is 0 Å². The zero-order valence-electron chi connectivity index (χ0n) is 17.6. The Hall–Kier alpha value is -2.70. The monoisotopic (exact) mass is 410 g/mol. The van der Waals surface area contributed by atoms with Gasteiger partial charge in [-0.25, -0.2) is 4.98 Å². The van der Waals surface area contributed by atoms with Crippen LogP contribution in [0.4, 0.5) is 0 Å². The van der Waals surface area contributed by atoms with E-state index < -0.39 is 0 Å². The molecule has 2 aliphatic rings. The van der Waals surface area contributed by atoms with Gasteiger partial charge in [-0.3, -0.25) is 19.0 Å². The second kappa shape index (κ2) is 8.98. The van der Waals surface area contributed by atoms with Crippen LogP contribution in [-0.4, -0.2) is 45.4 Å². The molecule has 1 saturated heterocycles. The molecule has 1 aliphatic carbocycles. The van der Waals surface area contributed by atoms with Gasteiger partial charge in [-0.15, -0.1) is 0 Å². The summed E-state index contributed by atoms with van der Waals surface area (Å²) in [5, 5.41) is 3.69. The molecule has 1 unspecified atom stereocenters. The van der Waals surface area contributed by atoms with Gasteiger partial charge < -0.3 is 10.2 Å². The molecule has 1 atom stereocenters. The number of likely N-dealkylation sites (tertiary alicyclic amines) is 1. The predicted octanol–water partition coefficient (Wildman–Crippen LogP) is 2.57. The number of nitrogens with one attached hydrogen (secondary N) is 1. The van der Waals surface area contributed by atoms with Crippen molar-refractivity contribution in [3.05, 3.63) is 40.4 Å². The van der Waals surface area contributed by atoms with E-state index in [1.165, 1.54) is 0 Å². The van der Waals surface area contributed by atoms with Crippen molar-refractivity contribution in [1.82, 2.24) is 19.8 Å². The molecule has 2 aromatic rings. The number of carbonyl (C=O) groups is 2. The number of hydrogen-bond acceptors (Lipinski definition) is 4. The molecule has 1 saturated carbocycles. The van der Waals surface area contributed by atoms with E-state index in [-0.39, 0.29) is 29.5 Å². The van der Waals surface area contributed by atoms with Gasteiger partial charge in [0.1, 0.15) is 5.82 Å². The summed E-state index contributed by atoms with van der Waals surface area (Å²) in [5.74, 6) is 0.833. The van der Waals surface area contributed by atoms with E-state index in [0.717, 1.165) is 38.6 Å². The number of para-hydroxylation sites is 1. The Bertz CT molecular complexity index is 996. The van der Waals surface area contributed by atoms with Crippen molar-refractivity contribution >= 4 is 22.7 Å². The zero-order chi connectivity index (χ0) is 21.1. The second-order valence-corrected chi connectivity index (χ2v) is 8.45. The Morgan fingerprint density at radius 3 is 2.73 bits per heavy atom. The van der Waals surface area contributed by atoms with Crippen molar-refractivity contribution in [2.75, 3.05) is 13.1 Å². The van der Waals surface area contributed by atoms with Crippen LogP contribution in [0.25, 0.3) is 10.9 Å². The first-order chi connectivity index (χ1) is 14.6. The third-order valence-electron chi connectivity index (χ3n) is 5.97. The molecule has 0 spiro atoms. The van der Waals surface area contributed by atoms with Crippen molar-refractivity contribution in [3.63, 3.8) is 0 Å². The molecule has 2 heterocycles. The van der Waals surface area contributed by atoms with E-state index in [2.05, 4.69) is 5.32 Å². The van der Waals surface area contributed by atoms with Crippen molar-refractivity contribution in [3.8, 4) is 0 Å². The lowest BCUT2D eigenvalue weighted by Crippen LogP contribution is -2.49. The lowest BCUT2D eigenvalue weighted by Gasteiger charge is -2.33. The summed E-state index contributed by atoms with van der Waals surface area (Å²) in [7, 11) is 0. The maximum atomic E-state index is 13.0. The van der Waals surface area contributed by atoms with Gasteiger partial charge >= 0.3 is 0 Å². The van der Waals surface area contributed by atoms with Crippen LogP contribution < -0.4 is 10.9 Å². The third-order valence-corrected chi connectivity index (χ3v) is 5.97. The van der Waals surface area contributed by atoms with Crippen molar-refractivity contribution in [1.29, 1.82) is 0 Å². The molecule has 4 rings (SSSR count). The van der Waals surface area contributed by atoms with Gasteiger partial charge in [0.15, 0.2) is 0 Å². The average molecular weight is 411 g/mol. The molecule has 160 valence electrons. The largest absolute Gasteiger partial charge is 0.352 e. The van der Waals surface area contributed by atoms with E-state index in [4.69, 9.17) is 4.98 Å². The standard InChI is InChI=1S/C23H30N4O3/c1-2-6-21(28)24-16-7-5-14-26(15-16)22(29)13-12-20-25-19-9-4-3-8-18(19)23(30)27(20)17-10-11-17/h3-4,8-9,16-17H,2,5-7,10-15H2,1H3,(H,24,28). The van der Waals surface area contributed by atoms with Crippen molar-refractivity contribution in [2.24, 2.45) is 0 Å². The molecule has 1 aliphatic heterocycles. The Morgan fingerprint density at radius 1 is 1.17 bits per heavy atom. The fourth-order valence-corrected chi connectivity index (χ4v) is 4.30. The number of benzene rings is 1. The number of aryl methyl sites for hydroxylation is 1. The van der Waals surface area contributed by atoms with E-state index in [1.807, 2.05) is 36.1 Å². The number of hydrogen-bond donors (Lipinski definition) is 1. The summed E-state index contributed by atoms with van der Waals surface area (Å²) in [6.45, 7) is 3.27. The van der Waals surface area contributed by atoms with E-state index in [0.29, 0.717) is 42.5 Å². The van der Waals surface area contributed by atoms with E-state index in [9.17, 15) is 14.4 Å². The van der Waals surface area contributed by atoms with Gasteiger partial charge in [0.05, 0.1) is 10.9 Å². The fraction of sp³-hybridized carbons (Fsp3) is 0.565. The first kappa shape index (κ1) is 20.6. The number of aromatic nitrogens is 2. The van der Waals surface area contributed by atoms with Crippen LogP contribution in [0, 0.1) is 0 Å². The predicted molar refractivity (Wildman–Crippen MR) is 115 cm³/mol. The van der Waals surface area contributed by atoms with Crippen LogP contribution in [0.3, 0.4) is 0 Å². The molecule has 1 aromatic carbocycles. The first-order valence-electron chi connectivity index (χ1n) is 11.1. The highest BCUT2D eigenvalue weighted by atomic mass is 16.2. The van der Waals surface area contributed by atoms with Gasteiger partial charge in [-0.1, -0.05) is 19.1 Å². The molecule has 2 amide bonds. The third kappa shape index (κ3) is 4.55. The molecular weight excluding hydrogens is 380 g/mol. The highest BCUT2D eigenvalue weighted by Gasteiger charge is 2.29. The first-order valence-corrected chi connectivity index (χ1v) is 11.1. The van der Waals surface area contributed by atoms with Gasteiger partial charge in [0.25, 0.3) is 5.56 Å². The van der Waals surface area contributed by atoms with Gasteiger partial charge in [0, 0.05) is 44.4 Å². The number of amides is 2. The molecule has 0 bridgehead atoms. The fourth-order valence-electron chi connectivity index (χ4n) is 4.30. The Morgan fingerprint density at radius 2 is 1.97 bits per heavy atom. The van der Waals surface area contributed by atoms with Gasteiger partial charge in [-0.2, -0.15) is 0 Å². The van der Waals surface area contributed by atoms with Crippen LogP contribution >= 0.6 is 0 Å². The molecule has 1 aromatic heterocycles. The summed E-state index contributed by atoms with van der Waals surface area (Å²) in [6, 6.07) is 7.66. The van der Waals surface area contributed by atoms with Crippen LogP contribution in [0.15, 0.2) is 29.1 Å². The number of piperidine rings is 1. The maximum absolute atomic E-state index is 13.0. The molecule has 30 heavy (non-hydrogen) atoms. The highest BCUT2D eigenvalue weighted by Crippen LogP contribution is 2.35. The highest BCUT2D eigenvalue weighted by molar-refractivity contribution is 5.79. The quantitative estimate of drug-likeness (QED) is 0.760. The number of nitrogens with zero attached hydrogens (tertiary/aromatic N) is 3. The topological polar surface area (TPSA) is 84.3 Å².